The Bertz CT molecular complexity index is 608. The molecule has 0 saturated carbocycles. The van der Waals surface area contributed by atoms with E-state index in [0.717, 1.165) is 5.56 Å². The highest BCUT2D eigenvalue weighted by molar-refractivity contribution is 7.89. The van der Waals surface area contributed by atoms with E-state index in [9.17, 15) is 8.42 Å². The third kappa shape index (κ3) is 3.37. The fraction of sp³-hybridized carbons (Fsp3) is 0.571. The fourth-order valence-electron chi connectivity index (χ4n) is 2.59. The van der Waals surface area contributed by atoms with Gasteiger partial charge in [-0.1, -0.05) is 0 Å². The van der Waals surface area contributed by atoms with Crippen LogP contribution in [-0.4, -0.2) is 62.1 Å². The van der Waals surface area contributed by atoms with E-state index in [0.29, 0.717) is 48.9 Å². The molecule has 1 aliphatic rings. The maximum Gasteiger partial charge on any atom is 0.243 e. The highest BCUT2D eigenvalue weighted by atomic mass is 32.2. The Morgan fingerprint density at radius 3 is 2.38 bits per heavy atom. The molecule has 0 amide bonds. The van der Waals surface area contributed by atoms with Crippen molar-refractivity contribution >= 4 is 15.7 Å². The van der Waals surface area contributed by atoms with Crippen LogP contribution in [0, 0.1) is 13.8 Å². The van der Waals surface area contributed by atoms with E-state index in [-0.39, 0.29) is 6.61 Å². The first-order chi connectivity index (χ1) is 9.86. The number of nitrogens with two attached hydrogens (primary N) is 1. The lowest BCUT2D eigenvalue weighted by molar-refractivity contribution is 0.151. The van der Waals surface area contributed by atoms with Gasteiger partial charge in [-0.3, -0.25) is 4.90 Å². The maximum absolute atomic E-state index is 12.8. The summed E-state index contributed by atoms with van der Waals surface area (Å²) in [6, 6.07) is 3.47. The molecule has 118 valence electrons. The van der Waals surface area contributed by atoms with E-state index >= 15 is 0 Å². The van der Waals surface area contributed by atoms with Gasteiger partial charge in [-0.2, -0.15) is 4.31 Å². The van der Waals surface area contributed by atoms with Crippen LogP contribution in [0.2, 0.25) is 0 Å². The van der Waals surface area contributed by atoms with Crippen molar-refractivity contribution in [3.8, 4) is 0 Å². The molecule has 2 rings (SSSR count). The summed E-state index contributed by atoms with van der Waals surface area (Å²) in [6.07, 6.45) is 0. The van der Waals surface area contributed by atoms with Crippen LogP contribution in [0.25, 0.3) is 0 Å². The molecule has 0 aliphatic carbocycles. The predicted molar refractivity (Wildman–Crippen MR) is 82.6 cm³/mol. The van der Waals surface area contributed by atoms with Crippen molar-refractivity contribution in [1.82, 2.24) is 9.21 Å². The molecular weight excluding hydrogens is 290 g/mol. The van der Waals surface area contributed by atoms with Gasteiger partial charge in [-0.25, -0.2) is 8.42 Å². The highest BCUT2D eigenvalue weighted by Crippen LogP contribution is 2.26. The number of sulfonamides is 1. The number of benzene rings is 1. The molecule has 1 fully saturated rings. The zero-order chi connectivity index (χ0) is 15.6. The van der Waals surface area contributed by atoms with Gasteiger partial charge in [0.1, 0.15) is 0 Å². The molecule has 3 N–H and O–H groups in total. The standard InChI is InChI=1S/C14H23N3O3S/c1-11-9-13(15)12(2)14(10-11)21(19,20)17-5-3-16(4-6-17)7-8-18/h9-10,18H,3-8,15H2,1-2H3. The van der Waals surface area contributed by atoms with Gasteiger partial charge >= 0.3 is 0 Å². The van der Waals surface area contributed by atoms with Crippen molar-refractivity contribution in [2.45, 2.75) is 18.7 Å². The Hall–Kier alpha value is -1.15. The first-order valence-corrected chi connectivity index (χ1v) is 8.50. The van der Waals surface area contributed by atoms with Crippen molar-refractivity contribution < 1.29 is 13.5 Å². The summed E-state index contributed by atoms with van der Waals surface area (Å²) in [4.78, 5) is 2.36. The number of β-amino-alcohol motifs (C(OH)–C–C–N with tert-alkyl or cyclic N) is 1. The fourth-order valence-corrected chi connectivity index (χ4v) is 4.36. The number of nitrogens with zero attached hydrogens (tertiary/aromatic N) is 2. The molecule has 7 heteroatoms. The van der Waals surface area contributed by atoms with Gasteiger partial charge in [-0.05, 0) is 37.1 Å². The Labute approximate surface area is 126 Å². The molecule has 1 aromatic carbocycles. The minimum absolute atomic E-state index is 0.0975. The van der Waals surface area contributed by atoms with Crippen LogP contribution in [0.1, 0.15) is 11.1 Å². The second-order valence-corrected chi connectivity index (χ2v) is 7.35. The van der Waals surface area contributed by atoms with Crippen LogP contribution in [0.15, 0.2) is 17.0 Å². The lowest BCUT2D eigenvalue weighted by atomic mass is 10.1. The summed E-state index contributed by atoms with van der Waals surface area (Å²) in [5.41, 5.74) is 7.85. The van der Waals surface area contributed by atoms with E-state index in [1.54, 1.807) is 19.1 Å². The molecule has 0 spiro atoms. The van der Waals surface area contributed by atoms with Gasteiger partial charge < -0.3 is 10.8 Å². The number of hydrogen-bond acceptors (Lipinski definition) is 5. The molecule has 0 bridgehead atoms. The summed E-state index contributed by atoms with van der Waals surface area (Å²) >= 11 is 0. The van der Waals surface area contributed by atoms with Gasteiger partial charge in [0.05, 0.1) is 11.5 Å². The molecule has 1 heterocycles. The monoisotopic (exact) mass is 313 g/mol. The molecule has 1 saturated heterocycles. The van der Waals surface area contributed by atoms with Gasteiger partial charge in [-0.15, -0.1) is 0 Å². The summed E-state index contributed by atoms with van der Waals surface area (Å²) in [7, 11) is -3.51. The Kier molecular flexibility index (Phi) is 4.88. The molecule has 0 aromatic heterocycles. The lowest BCUT2D eigenvalue weighted by Crippen LogP contribution is -2.49. The molecule has 0 atom stereocenters. The van der Waals surface area contributed by atoms with E-state index < -0.39 is 10.0 Å². The quantitative estimate of drug-likeness (QED) is 0.775. The summed E-state index contributed by atoms with van der Waals surface area (Å²) in [5, 5.41) is 8.93. The van der Waals surface area contributed by atoms with Crippen LogP contribution in [0.4, 0.5) is 5.69 Å². The molecule has 1 aliphatic heterocycles. The zero-order valence-electron chi connectivity index (χ0n) is 12.5. The second-order valence-electron chi connectivity index (χ2n) is 5.45. The van der Waals surface area contributed by atoms with Crippen LogP contribution in [0.5, 0.6) is 0 Å². The smallest absolute Gasteiger partial charge is 0.243 e. The third-order valence-electron chi connectivity index (χ3n) is 3.91. The average Bonchev–Trinajstić information content (AvgIpc) is 2.43. The van der Waals surface area contributed by atoms with Crippen LogP contribution >= 0.6 is 0 Å². The van der Waals surface area contributed by atoms with E-state index in [2.05, 4.69) is 4.90 Å². The van der Waals surface area contributed by atoms with Crippen molar-refractivity contribution in [1.29, 1.82) is 0 Å². The third-order valence-corrected chi connectivity index (χ3v) is 5.93. The molecule has 1 aromatic rings. The number of piperazine rings is 1. The first-order valence-electron chi connectivity index (χ1n) is 7.06. The van der Waals surface area contributed by atoms with Crippen LogP contribution in [-0.2, 0) is 10.0 Å². The van der Waals surface area contributed by atoms with Crippen LogP contribution < -0.4 is 5.73 Å². The largest absolute Gasteiger partial charge is 0.398 e. The number of aryl methyl sites for hydroxylation is 1. The highest BCUT2D eigenvalue weighted by Gasteiger charge is 2.30. The van der Waals surface area contributed by atoms with Crippen molar-refractivity contribution in [3.63, 3.8) is 0 Å². The molecular formula is C14H23N3O3S. The summed E-state index contributed by atoms with van der Waals surface area (Å²) in [5.74, 6) is 0. The normalized spacial score (nSPS) is 18.0. The lowest BCUT2D eigenvalue weighted by Gasteiger charge is -2.33. The number of aliphatic hydroxyl groups is 1. The predicted octanol–water partition coefficient (Wildman–Crippen LogP) is 0.184. The minimum atomic E-state index is -3.51. The minimum Gasteiger partial charge on any atom is -0.398 e. The Morgan fingerprint density at radius 2 is 1.81 bits per heavy atom. The zero-order valence-corrected chi connectivity index (χ0v) is 13.4. The number of aliphatic hydroxyl groups excluding tert-OH is 1. The summed E-state index contributed by atoms with van der Waals surface area (Å²) in [6.45, 7) is 6.42. The van der Waals surface area contributed by atoms with E-state index in [1.165, 1.54) is 4.31 Å². The number of anilines is 1. The number of rotatable bonds is 4. The second kappa shape index (κ2) is 6.31. The number of nitrogen functional groups attached to an aromatic ring is 1. The van der Waals surface area contributed by atoms with Gasteiger partial charge in [0.25, 0.3) is 0 Å². The maximum atomic E-state index is 12.8. The van der Waals surface area contributed by atoms with Crippen molar-refractivity contribution in [3.05, 3.63) is 23.3 Å². The topological polar surface area (TPSA) is 86.9 Å². The number of hydrogen-bond donors (Lipinski definition) is 2. The van der Waals surface area contributed by atoms with Crippen molar-refractivity contribution in [2.75, 3.05) is 45.1 Å². The van der Waals surface area contributed by atoms with Gasteiger partial charge in [0.2, 0.25) is 10.0 Å². The van der Waals surface area contributed by atoms with Crippen LogP contribution in [0.3, 0.4) is 0 Å². The first kappa shape index (κ1) is 16.2. The van der Waals surface area contributed by atoms with E-state index in [4.69, 9.17) is 10.8 Å². The Morgan fingerprint density at radius 1 is 1.19 bits per heavy atom. The molecule has 0 unspecified atom stereocenters. The summed E-state index contributed by atoms with van der Waals surface area (Å²) < 4.78 is 27.1. The molecule has 0 radical (unpaired) electrons. The van der Waals surface area contributed by atoms with Gasteiger partial charge in [0.15, 0.2) is 0 Å². The SMILES string of the molecule is Cc1cc(N)c(C)c(S(=O)(=O)N2CCN(CCO)CC2)c1. The van der Waals surface area contributed by atoms with Crippen molar-refractivity contribution in [2.24, 2.45) is 0 Å². The average molecular weight is 313 g/mol. The van der Waals surface area contributed by atoms with E-state index in [1.807, 2.05) is 6.92 Å². The van der Waals surface area contributed by atoms with Gasteiger partial charge in [0, 0.05) is 38.4 Å². The molecule has 21 heavy (non-hydrogen) atoms. The molecule has 6 nitrogen and oxygen atoms in total. The Balaban J connectivity index is 2.24.